The van der Waals surface area contributed by atoms with Gasteiger partial charge in [0.2, 0.25) is 10.0 Å². The van der Waals surface area contributed by atoms with E-state index in [1.165, 1.54) is 39.4 Å². The molecule has 0 fully saturated rings. The summed E-state index contributed by atoms with van der Waals surface area (Å²) in [7, 11) is 0.751. The number of methoxy groups -OCH3 is 1. The standard InChI is InChI=1S/C17H19ClN2O4S/c1-11-5-7-13(25(22,23)20(2)3)10-15(11)19-17(21)14-9-12(18)6-8-16(14)24-4/h5-10H,1-4H3,(H,19,21). The number of halogens is 1. The second-order valence-electron chi connectivity index (χ2n) is 5.56. The van der Waals surface area contributed by atoms with E-state index in [1.807, 2.05) is 0 Å². The van der Waals surface area contributed by atoms with Gasteiger partial charge in [0.05, 0.1) is 17.6 Å². The van der Waals surface area contributed by atoms with Gasteiger partial charge in [-0.1, -0.05) is 17.7 Å². The number of benzene rings is 2. The van der Waals surface area contributed by atoms with Crippen LogP contribution in [0.2, 0.25) is 5.02 Å². The zero-order valence-corrected chi connectivity index (χ0v) is 15.9. The van der Waals surface area contributed by atoms with Crippen molar-refractivity contribution < 1.29 is 17.9 Å². The predicted octanol–water partition coefficient (Wildman–Crippen LogP) is 3.16. The average Bonchev–Trinajstić information content (AvgIpc) is 2.56. The molecule has 2 aromatic rings. The first-order valence-electron chi connectivity index (χ1n) is 7.35. The highest BCUT2D eigenvalue weighted by molar-refractivity contribution is 7.89. The molecule has 134 valence electrons. The van der Waals surface area contributed by atoms with Gasteiger partial charge < -0.3 is 10.1 Å². The number of aryl methyl sites for hydroxylation is 1. The number of anilines is 1. The molecule has 0 saturated carbocycles. The number of hydrogen-bond acceptors (Lipinski definition) is 4. The van der Waals surface area contributed by atoms with Gasteiger partial charge >= 0.3 is 0 Å². The van der Waals surface area contributed by atoms with Crippen LogP contribution in [0.25, 0.3) is 0 Å². The molecule has 0 unspecified atom stereocenters. The number of hydrogen-bond donors (Lipinski definition) is 1. The summed E-state index contributed by atoms with van der Waals surface area (Å²) >= 11 is 5.95. The normalized spacial score (nSPS) is 11.4. The Bertz CT molecular complexity index is 911. The Labute approximate surface area is 152 Å². The van der Waals surface area contributed by atoms with Crippen molar-refractivity contribution in [3.05, 3.63) is 52.5 Å². The first kappa shape index (κ1) is 19.2. The third-order valence-corrected chi connectivity index (χ3v) is 5.69. The molecule has 6 nitrogen and oxygen atoms in total. The monoisotopic (exact) mass is 382 g/mol. The van der Waals surface area contributed by atoms with E-state index in [1.54, 1.807) is 25.1 Å². The number of sulfonamides is 1. The van der Waals surface area contributed by atoms with Crippen LogP contribution in [0.15, 0.2) is 41.3 Å². The molecule has 0 saturated heterocycles. The fraction of sp³-hybridized carbons (Fsp3) is 0.235. The van der Waals surface area contributed by atoms with E-state index in [-0.39, 0.29) is 10.5 Å². The number of rotatable bonds is 5. The summed E-state index contributed by atoms with van der Waals surface area (Å²) in [4.78, 5) is 12.7. The van der Waals surface area contributed by atoms with Crippen LogP contribution in [0, 0.1) is 6.92 Å². The maximum Gasteiger partial charge on any atom is 0.259 e. The summed E-state index contributed by atoms with van der Waals surface area (Å²) in [6.07, 6.45) is 0. The molecule has 0 aliphatic carbocycles. The lowest BCUT2D eigenvalue weighted by Gasteiger charge is -2.15. The Balaban J connectivity index is 2.41. The second-order valence-corrected chi connectivity index (χ2v) is 8.15. The summed E-state index contributed by atoms with van der Waals surface area (Å²) < 4.78 is 30.8. The van der Waals surface area contributed by atoms with Crippen molar-refractivity contribution in [1.29, 1.82) is 0 Å². The van der Waals surface area contributed by atoms with E-state index in [4.69, 9.17) is 16.3 Å². The van der Waals surface area contributed by atoms with Gasteiger partial charge in [0.15, 0.2) is 0 Å². The molecule has 0 bridgehead atoms. The Morgan fingerprint density at radius 2 is 1.84 bits per heavy atom. The van der Waals surface area contributed by atoms with Gasteiger partial charge in [0, 0.05) is 24.8 Å². The lowest BCUT2D eigenvalue weighted by molar-refractivity contribution is 0.102. The van der Waals surface area contributed by atoms with Gasteiger partial charge in [-0.2, -0.15) is 0 Å². The molecular weight excluding hydrogens is 364 g/mol. The molecule has 0 aliphatic rings. The summed E-state index contributed by atoms with van der Waals surface area (Å²) in [6.45, 7) is 1.77. The number of carbonyl (C=O) groups excluding carboxylic acids is 1. The minimum absolute atomic E-state index is 0.0939. The SMILES string of the molecule is COc1ccc(Cl)cc1C(=O)Nc1cc(S(=O)(=O)N(C)C)ccc1C. The molecule has 0 spiro atoms. The Morgan fingerprint density at radius 1 is 1.16 bits per heavy atom. The molecule has 0 radical (unpaired) electrons. The van der Waals surface area contributed by atoms with Crippen molar-refractivity contribution in [2.24, 2.45) is 0 Å². The van der Waals surface area contributed by atoms with Crippen molar-refractivity contribution in [2.45, 2.75) is 11.8 Å². The van der Waals surface area contributed by atoms with E-state index in [2.05, 4.69) is 5.32 Å². The number of carbonyl (C=O) groups is 1. The van der Waals surface area contributed by atoms with Crippen molar-refractivity contribution >= 4 is 33.2 Å². The molecule has 25 heavy (non-hydrogen) atoms. The molecule has 0 aromatic heterocycles. The van der Waals surface area contributed by atoms with Gasteiger partial charge in [-0.3, -0.25) is 4.79 Å². The Kier molecular flexibility index (Phi) is 5.72. The third kappa shape index (κ3) is 4.12. The predicted molar refractivity (Wildman–Crippen MR) is 98.0 cm³/mol. The third-order valence-electron chi connectivity index (χ3n) is 3.64. The molecule has 0 heterocycles. The Hall–Kier alpha value is -2.09. The number of nitrogens with one attached hydrogen (secondary N) is 1. The van der Waals surface area contributed by atoms with Crippen LogP contribution >= 0.6 is 11.6 Å². The van der Waals surface area contributed by atoms with Crippen LogP contribution in [-0.4, -0.2) is 39.8 Å². The van der Waals surface area contributed by atoms with Crippen molar-refractivity contribution in [3.63, 3.8) is 0 Å². The lowest BCUT2D eigenvalue weighted by atomic mass is 10.1. The van der Waals surface area contributed by atoms with Crippen molar-refractivity contribution in [3.8, 4) is 5.75 Å². The van der Waals surface area contributed by atoms with Crippen LogP contribution < -0.4 is 10.1 Å². The number of nitrogens with zero attached hydrogens (tertiary/aromatic N) is 1. The molecule has 0 atom stereocenters. The minimum Gasteiger partial charge on any atom is -0.496 e. The largest absolute Gasteiger partial charge is 0.496 e. The molecule has 2 rings (SSSR count). The Morgan fingerprint density at radius 3 is 2.44 bits per heavy atom. The first-order valence-corrected chi connectivity index (χ1v) is 9.16. The zero-order chi connectivity index (χ0) is 18.8. The lowest BCUT2D eigenvalue weighted by Crippen LogP contribution is -2.22. The first-order chi connectivity index (χ1) is 11.7. The van der Waals surface area contributed by atoms with Crippen molar-refractivity contribution in [2.75, 3.05) is 26.5 Å². The van der Waals surface area contributed by atoms with Crippen LogP contribution in [0.1, 0.15) is 15.9 Å². The fourth-order valence-corrected chi connectivity index (χ4v) is 3.25. The topological polar surface area (TPSA) is 75.7 Å². The van der Waals surface area contributed by atoms with Crippen molar-refractivity contribution in [1.82, 2.24) is 4.31 Å². The minimum atomic E-state index is -3.60. The van der Waals surface area contributed by atoms with E-state index in [9.17, 15) is 13.2 Å². The van der Waals surface area contributed by atoms with Gasteiger partial charge in [-0.05, 0) is 42.8 Å². The van der Waals surface area contributed by atoms with Crippen LogP contribution in [-0.2, 0) is 10.0 Å². The van der Waals surface area contributed by atoms with E-state index in [0.717, 1.165) is 9.87 Å². The quantitative estimate of drug-likeness (QED) is 0.861. The number of ether oxygens (including phenoxy) is 1. The summed E-state index contributed by atoms with van der Waals surface area (Å²) in [5.74, 6) is -0.0709. The van der Waals surface area contributed by atoms with Crippen LogP contribution in [0.3, 0.4) is 0 Å². The zero-order valence-electron chi connectivity index (χ0n) is 14.3. The molecule has 1 N–H and O–H groups in total. The van der Waals surface area contributed by atoms with E-state index in [0.29, 0.717) is 16.5 Å². The molecule has 1 amide bonds. The van der Waals surface area contributed by atoms with Gasteiger partial charge in [-0.15, -0.1) is 0 Å². The summed E-state index contributed by atoms with van der Waals surface area (Å²) in [5.41, 5.74) is 1.39. The van der Waals surface area contributed by atoms with E-state index >= 15 is 0 Å². The smallest absolute Gasteiger partial charge is 0.259 e. The maximum absolute atomic E-state index is 12.6. The van der Waals surface area contributed by atoms with E-state index < -0.39 is 15.9 Å². The van der Waals surface area contributed by atoms with Gasteiger partial charge in [0.25, 0.3) is 5.91 Å². The van der Waals surface area contributed by atoms with Gasteiger partial charge in [-0.25, -0.2) is 12.7 Å². The molecule has 0 aliphatic heterocycles. The highest BCUT2D eigenvalue weighted by Crippen LogP contribution is 2.26. The molecular formula is C17H19ClN2O4S. The summed E-state index contributed by atoms with van der Waals surface area (Å²) in [6, 6.07) is 9.27. The highest BCUT2D eigenvalue weighted by atomic mass is 35.5. The summed E-state index contributed by atoms with van der Waals surface area (Å²) in [5, 5.41) is 3.11. The molecule has 2 aromatic carbocycles. The second kappa shape index (κ2) is 7.43. The van der Waals surface area contributed by atoms with Crippen LogP contribution in [0.5, 0.6) is 5.75 Å². The average molecular weight is 383 g/mol. The van der Waals surface area contributed by atoms with Crippen LogP contribution in [0.4, 0.5) is 5.69 Å². The molecule has 8 heteroatoms. The maximum atomic E-state index is 12.6. The number of amides is 1. The van der Waals surface area contributed by atoms with Gasteiger partial charge in [0.1, 0.15) is 5.75 Å². The fourth-order valence-electron chi connectivity index (χ4n) is 2.15. The highest BCUT2D eigenvalue weighted by Gasteiger charge is 2.20.